The molecule has 0 amide bonds. The van der Waals surface area contributed by atoms with Crippen LogP contribution in [0.2, 0.25) is 5.02 Å². The number of nitrogens with zero attached hydrogens (tertiary/aromatic N) is 3. The van der Waals surface area contributed by atoms with Crippen LogP contribution >= 0.6 is 11.6 Å². The fraction of sp³-hybridized carbons (Fsp3) is 0.476. The highest BCUT2D eigenvalue weighted by Crippen LogP contribution is 2.23. The Bertz CT molecular complexity index is 816. The van der Waals surface area contributed by atoms with E-state index in [4.69, 9.17) is 16.7 Å². The lowest BCUT2D eigenvalue weighted by molar-refractivity contribution is 0.115. The quantitative estimate of drug-likeness (QED) is 0.739. The number of aryl methyl sites for hydroxylation is 1. The number of pyridine rings is 1. The van der Waals surface area contributed by atoms with E-state index in [9.17, 15) is 4.79 Å². The van der Waals surface area contributed by atoms with E-state index in [0.717, 1.165) is 57.1 Å². The van der Waals surface area contributed by atoms with Crippen LogP contribution in [0.3, 0.4) is 0 Å². The normalized spacial score (nSPS) is 15.2. The lowest BCUT2D eigenvalue weighted by Crippen LogP contribution is -2.48. The summed E-state index contributed by atoms with van der Waals surface area (Å²) in [7, 11) is 0. The molecule has 0 atom stereocenters. The first-order chi connectivity index (χ1) is 13.1. The van der Waals surface area contributed by atoms with Gasteiger partial charge in [0.2, 0.25) is 0 Å². The predicted octanol–water partition coefficient (Wildman–Crippen LogP) is 2.46. The van der Waals surface area contributed by atoms with Crippen LogP contribution in [-0.4, -0.2) is 71.9 Å². The SMILES string of the molecule is C.Cc1ccc(=O)n(-c2ccc(NCCN3CCN(CCO)CC3)cc2Cl)c1. The highest BCUT2D eigenvalue weighted by Gasteiger charge is 2.15. The van der Waals surface area contributed by atoms with Crippen molar-refractivity contribution in [3.63, 3.8) is 0 Å². The molecule has 28 heavy (non-hydrogen) atoms. The van der Waals surface area contributed by atoms with Crippen molar-refractivity contribution in [2.45, 2.75) is 14.4 Å². The Balaban J connectivity index is 0.00000280. The topological polar surface area (TPSA) is 60.7 Å². The summed E-state index contributed by atoms with van der Waals surface area (Å²) in [6.45, 7) is 8.80. The number of aliphatic hydroxyl groups excluding tert-OH is 1. The Kier molecular flexibility index (Phi) is 8.51. The van der Waals surface area contributed by atoms with E-state index < -0.39 is 0 Å². The van der Waals surface area contributed by atoms with Gasteiger partial charge in [-0.25, -0.2) is 0 Å². The summed E-state index contributed by atoms with van der Waals surface area (Å²) in [5.74, 6) is 0. The van der Waals surface area contributed by atoms with Crippen molar-refractivity contribution in [3.05, 3.63) is 57.5 Å². The minimum absolute atomic E-state index is 0. The molecule has 0 bridgehead atoms. The van der Waals surface area contributed by atoms with Gasteiger partial charge in [0, 0.05) is 63.8 Å². The maximum absolute atomic E-state index is 12.1. The van der Waals surface area contributed by atoms with Crippen LogP contribution in [0.1, 0.15) is 13.0 Å². The highest BCUT2D eigenvalue weighted by atomic mass is 35.5. The molecule has 1 saturated heterocycles. The molecular formula is C21H31ClN4O2. The van der Waals surface area contributed by atoms with Gasteiger partial charge >= 0.3 is 0 Å². The summed E-state index contributed by atoms with van der Waals surface area (Å²) < 4.78 is 1.58. The van der Waals surface area contributed by atoms with Gasteiger partial charge in [0.15, 0.2) is 0 Å². The third-order valence-electron chi connectivity index (χ3n) is 4.90. The fourth-order valence-corrected chi connectivity index (χ4v) is 3.60. The van der Waals surface area contributed by atoms with E-state index >= 15 is 0 Å². The first-order valence-corrected chi connectivity index (χ1v) is 9.73. The monoisotopic (exact) mass is 406 g/mol. The summed E-state index contributed by atoms with van der Waals surface area (Å²) in [5, 5.41) is 13.0. The van der Waals surface area contributed by atoms with E-state index in [0.29, 0.717) is 10.7 Å². The van der Waals surface area contributed by atoms with Crippen molar-refractivity contribution < 1.29 is 5.11 Å². The van der Waals surface area contributed by atoms with Gasteiger partial charge < -0.3 is 10.4 Å². The summed E-state index contributed by atoms with van der Waals surface area (Å²) in [4.78, 5) is 16.8. The van der Waals surface area contributed by atoms with E-state index in [1.807, 2.05) is 25.1 Å². The van der Waals surface area contributed by atoms with Crippen LogP contribution in [0.25, 0.3) is 5.69 Å². The molecule has 1 aromatic carbocycles. The third kappa shape index (κ3) is 5.82. The van der Waals surface area contributed by atoms with Crippen LogP contribution in [0.5, 0.6) is 0 Å². The van der Waals surface area contributed by atoms with Gasteiger partial charge in [-0.05, 0) is 30.7 Å². The van der Waals surface area contributed by atoms with Gasteiger partial charge in [-0.15, -0.1) is 0 Å². The van der Waals surface area contributed by atoms with E-state index in [1.54, 1.807) is 22.9 Å². The van der Waals surface area contributed by atoms with Crippen molar-refractivity contribution in [2.75, 3.05) is 57.7 Å². The minimum Gasteiger partial charge on any atom is -0.395 e. The summed E-state index contributed by atoms with van der Waals surface area (Å²) in [5.41, 5.74) is 2.55. The van der Waals surface area contributed by atoms with Crippen LogP contribution in [0.4, 0.5) is 5.69 Å². The number of rotatable bonds is 7. The number of anilines is 1. The number of halogens is 1. The summed E-state index contributed by atoms with van der Waals surface area (Å²) in [6, 6.07) is 9.05. The van der Waals surface area contributed by atoms with Crippen LogP contribution in [-0.2, 0) is 0 Å². The van der Waals surface area contributed by atoms with Gasteiger partial charge in [-0.2, -0.15) is 0 Å². The van der Waals surface area contributed by atoms with Gasteiger partial charge in [-0.3, -0.25) is 19.2 Å². The van der Waals surface area contributed by atoms with E-state index in [-0.39, 0.29) is 19.6 Å². The van der Waals surface area contributed by atoms with Crippen molar-refractivity contribution in [1.82, 2.24) is 14.4 Å². The molecule has 0 spiro atoms. The number of hydrogen-bond acceptors (Lipinski definition) is 5. The first kappa shape index (κ1) is 22.4. The number of benzene rings is 1. The molecule has 6 nitrogen and oxygen atoms in total. The molecule has 2 N–H and O–H groups in total. The molecule has 2 aromatic rings. The lowest BCUT2D eigenvalue weighted by Gasteiger charge is -2.34. The molecule has 0 unspecified atom stereocenters. The second kappa shape index (κ2) is 10.6. The van der Waals surface area contributed by atoms with Crippen molar-refractivity contribution >= 4 is 17.3 Å². The molecule has 0 saturated carbocycles. The van der Waals surface area contributed by atoms with Gasteiger partial charge in [0.05, 0.1) is 17.3 Å². The Morgan fingerprint density at radius 2 is 1.75 bits per heavy atom. The Labute approximate surface area is 172 Å². The van der Waals surface area contributed by atoms with Gasteiger partial charge in [0.25, 0.3) is 5.56 Å². The average molecular weight is 407 g/mol. The molecule has 1 aromatic heterocycles. The zero-order chi connectivity index (χ0) is 19.2. The summed E-state index contributed by atoms with van der Waals surface area (Å²) in [6.07, 6.45) is 1.80. The zero-order valence-electron chi connectivity index (χ0n) is 15.7. The molecule has 1 fully saturated rings. The Morgan fingerprint density at radius 1 is 1.07 bits per heavy atom. The number of hydrogen-bond donors (Lipinski definition) is 2. The maximum Gasteiger partial charge on any atom is 0.255 e. The average Bonchev–Trinajstić information content (AvgIpc) is 2.66. The molecule has 2 heterocycles. The van der Waals surface area contributed by atoms with Crippen LogP contribution < -0.4 is 10.9 Å². The largest absolute Gasteiger partial charge is 0.395 e. The highest BCUT2D eigenvalue weighted by molar-refractivity contribution is 6.32. The van der Waals surface area contributed by atoms with Gasteiger partial charge in [-0.1, -0.05) is 25.1 Å². The standard InChI is InChI=1S/C20H27ClN4O2.CH4/c1-16-2-5-20(27)25(15-16)19-4-3-17(14-18(19)21)22-6-7-23-8-10-24(11-9-23)12-13-26;/h2-5,14-15,22,26H,6-13H2,1H3;1H4. The van der Waals surface area contributed by atoms with E-state index in [1.165, 1.54) is 0 Å². The molecule has 0 aliphatic carbocycles. The van der Waals surface area contributed by atoms with E-state index in [2.05, 4.69) is 15.1 Å². The van der Waals surface area contributed by atoms with Crippen LogP contribution in [0, 0.1) is 6.92 Å². The first-order valence-electron chi connectivity index (χ1n) is 9.35. The maximum atomic E-state index is 12.1. The molecular weight excluding hydrogens is 376 g/mol. The number of nitrogens with one attached hydrogen (secondary N) is 1. The zero-order valence-corrected chi connectivity index (χ0v) is 16.5. The predicted molar refractivity (Wildman–Crippen MR) is 117 cm³/mol. The molecule has 7 heteroatoms. The summed E-state index contributed by atoms with van der Waals surface area (Å²) >= 11 is 6.43. The molecule has 0 radical (unpaired) electrons. The van der Waals surface area contributed by atoms with Gasteiger partial charge in [0.1, 0.15) is 0 Å². The molecule has 3 rings (SSSR count). The molecule has 1 aliphatic rings. The molecule has 154 valence electrons. The number of piperazine rings is 1. The van der Waals surface area contributed by atoms with Crippen molar-refractivity contribution in [2.24, 2.45) is 0 Å². The van der Waals surface area contributed by atoms with Crippen molar-refractivity contribution in [3.8, 4) is 5.69 Å². The molecule has 1 aliphatic heterocycles. The lowest BCUT2D eigenvalue weighted by atomic mass is 10.2. The number of aromatic nitrogens is 1. The number of β-amino-alcohol motifs (C(OH)–C–C–N with tert-alkyl or cyclic N) is 1. The fourth-order valence-electron chi connectivity index (χ4n) is 3.33. The Morgan fingerprint density at radius 3 is 2.39 bits per heavy atom. The van der Waals surface area contributed by atoms with Crippen LogP contribution in [0.15, 0.2) is 41.3 Å². The second-order valence-electron chi connectivity index (χ2n) is 6.91. The smallest absolute Gasteiger partial charge is 0.255 e. The Hall–Kier alpha value is -1.86. The minimum atomic E-state index is -0.0939. The second-order valence-corrected chi connectivity index (χ2v) is 7.32. The number of aliphatic hydroxyl groups is 1. The van der Waals surface area contributed by atoms with Crippen molar-refractivity contribution in [1.29, 1.82) is 0 Å². The third-order valence-corrected chi connectivity index (χ3v) is 5.21.